The van der Waals surface area contributed by atoms with Gasteiger partial charge in [-0.15, -0.1) is 0 Å². The first-order valence-electron chi connectivity index (χ1n) is 9.16. The highest BCUT2D eigenvalue weighted by molar-refractivity contribution is 6.30. The van der Waals surface area contributed by atoms with Crippen molar-refractivity contribution in [3.63, 3.8) is 0 Å². The molecule has 4 aromatic rings. The largest absolute Gasteiger partial charge is 0.307 e. The second-order valence-corrected chi connectivity index (χ2v) is 7.26. The highest BCUT2D eigenvalue weighted by Crippen LogP contribution is 2.26. The fourth-order valence-corrected chi connectivity index (χ4v) is 3.13. The van der Waals surface area contributed by atoms with Gasteiger partial charge in [0.05, 0.1) is 16.4 Å². The van der Waals surface area contributed by atoms with E-state index in [2.05, 4.69) is 22.4 Å². The van der Waals surface area contributed by atoms with E-state index in [-0.39, 0.29) is 5.91 Å². The summed E-state index contributed by atoms with van der Waals surface area (Å²) in [4.78, 5) is 21.3. The lowest BCUT2D eigenvalue weighted by Gasteiger charge is -2.03. The maximum Gasteiger partial charge on any atom is 0.249 e. The Labute approximate surface area is 173 Å². The molecular formula is C23H19ClN4O. The van der Waals surface area contributed by atoms with E-state index in [1.54, 1.807) is 18.2 Å². The minimum Gasteiger partial charge on any atom is -0.307 e. The molecule has 0 saturated carbocycles. The zero-order valence-electron chi connectivity index (χ0n) is 16.1. The number of amides is 1. The van der Waals surface area contributed by atoms with Gasteiger partial charge in [-0.1, -0.05) is 41.4 Å². The Morgan fingerprint density at radius 2 is 1.86 bits per heavy atom. The monoisotopic (exact) mass is 402 g/mol. The van der Waals surface area contributed by atoms with Crippen molar-refractivity contribution in [1.29, 1.82) is 0 Å². The van der Waals surface area contributed by atoms with Crippen LogP contribution < -0.4 is 5.32 Å². The summed E-state index contributed by atoms with van der Waals surface area (Å²) < 4.78 is 1.98. The average Bonchev–Trinajstić information content (AvgIpc) is 3.06. The van der Waals surface area contributed by atoms with Gasteiger partial charge in [-0.2, -0.15) is 0 Å². The van der Waals surface area contributed by atoms with Gasteiger partial charge in [0.2, 0.25) is 5.91 Å². The van der Waals surface area contributed by atoms with E-state index in [1.165, 1.54) is 17.8 Å². The number of halogens is 1. The maximum absolute atomic E-state index is 12.4. The molecule has 0 bridgehead atoms. The van der Waals surface area contributed by atoms with Crippen LogP contribution in [0.4, 0.5) is 5.82 Å². The average molecular weight is 403 g/mol. The number of rotatable bonds is 4. The first-order valence-corrected chi connectivity index (χ1v) is 9.54. The van der Waals surface area contributed by atoms with E-state index in [0.29, 0.717) is 10.8 Å². The normalized spacial score (nSPS) is 11.3. The third-order valence-corrected chi connectivity index (χ3v) is 4.74. The zero-order chi connectivity index (χ0) is 20.4. The second kappa shape index (κ2) is 7.89. The highest BCUT2D eigenvalue weighted by Gasteiger charge is 2.12. The van der Waals surface area contributed by atoms with Crippen molar-refractivity contribution in [2.45, 2.75) is 13.8 Å². The second-order valence-electron chi connectivity index (χ2n) is 6.83. The van der Waals surface area contributed by atoms with E-state index in [4.69, 9.17) is 16.6 Å². The molecule has 0 fully saturated rings. The number of pyridine rings is 2. The van der Waals surface area contributed by atoms with Gasteiger partial charge in [-0.25, -0.2) is 9.97 Å². The summed E-state index contributed by atoms with van der Waals surface area (Å²) in [5.41, 5.74) is 5.80. The SMILES string of the molecule is Cc1ccc(-c2nc3cc(C)ccn3c2/C=C/C(=O)Nc2ccc(Cl)cn2)cc1. The zero-order valence-corrected chi connectivity index (χ0v) is 16.8. The molecule has 5 nitrogen and oxygen atoms in total. The lowest BCUT2D eigenvalue weighted by atomic mass is 10.1. The summed E-state index contributed by atoms with van der Waals surface area (Å²) in [6, 6.07) is 15.6. The van der Waals surface area contributed by atoms with E-state index < -0.39 is 0 Å². The van der Waals surface area contributed by atoms with Crippen molar-refractivity contribution >= 4 is 35.0 Å². The van der Waals surface area contributed by atoms with Crippen LogP contribution in [-0.4, -0.2) is 20.3 Å². The minimum absolute atomic E-state index is 0.281. The minimum atomic E-state index is -0.281. The first kappa shape index (κ1) is 18.9. The van der Waals surface area contributed by atoms with E-state index >= 15 is 0 Å². The van der Waals surface area contributed by atoms with Crippen LogP contribution in [0.25, 0.3) is 23.0 Å². The number of aromatic nitrogens is 3. The molecule has 3 heterocycles. The summed E-state index contributed by atoms with van der Waals surface area (Å²) >= 11 is 5.83. The van der Waals surface area contributed by atoms with E-state index in [1.807, 2.05) is 48.7 Å². The number of nitrogens with zero attached hydrogens (tertiary/aromatic N) is 3. The molecule has 29 heavy (non-hydrogen) atoms. The molecule has 0 atom stereocenters. The first-order chi connectivity index (χ1) is 14.0. The lowest BCUT2D eigenvalue weighted by molar-refractivity contribution is -0.111. The molecule has 144 valence electrons. The Balaban J connectivity index is 1.70. The number of anilines is 1. The molecule has 0 unspecified atom stereocenters. The van der Waals surface area contributed by atoms with Crippen molar-refractivity contribution in [2.24, 2.45) is 0 Å². The molecule has 0 saturated heterocycles. The predicted octanol–water partition coefficient (Wildman–Crippen LogP) is 5.32. The summed E-state index contributed by atoms with van der Waals surface area (Å²) in [6.07, 6.45) is 6.71. The molecule has 0 aliphatic heterocycles. The van der Waals surface area contributed by atoms with Crippen LogP contribution in [0.1, 0.15) is 16.8 Å². The third-order valence-electron chi connectivity index (χ3n) is 4.51. The highest BCUT2D eigenvalue weighted by atomic mass is 35.5. The van der Waals surface area contributed by atoms with Crippen molar-refractivity contribution in [1.82, 2.24) is 14.4 Å². The number of hydrogen-bond acceptors (Lipinski definition) is 3. The summed E-state index contributed by atoms with van der Waals surface area (Å²) in [5.74, 6) is 0.160. The van der Waals surface area contributed by atoms with Gasteiger partial charge >= 0.3 is 0 Å². The van der Waals surface area contributed by atoms with Crippen LogP contribution in [0.3, 0.4) is 0 Å². The van der Waals surface area contributed by atoms with Gasteiger partial charge in [-0.3, -0.25) is 9.20 Å². The Hall–Kier alpha value is -3.44. The number of carbonyl (C=O) groups is 1. The number of carbonyl (C=O) groups excluding carboxylic acids is 1. The smallest absolute Gasteiger partial charge is 0.249 e. The summed E-state index contributed by atoms with van der Waals surface area (Å²) in [5, 5.41) is 3.25. The van der Waals surface area contributed by atoms with Gasteiger partial charge in [-0.05, 0) is 49.8 Å². The number of imidazole rings is 1. The van der Waals surface area contributed by atoms with Crippen molar-refractivity contribution in [2.75, 3.05) is 5.32 Å². The molecule has 0 spiro atoms. The quantitative estimate of drug-likeness (QED) is 0.470. The Kier molecular flexibility index (Phi) is 5.14. The van der Waals surface area contributed by atoms with E-state index in [0.717, 1.165) is 28.2 Å². The van der Waals surface area contributed by atoms with Crippen LogP contribution >= 0.6 is 11.6 Å². The van der Waals surface area contributed by atoms with Crippen molar-refractivity contribution in [3.05, 3.63) is 88.8 Å². The third kappa shape index (κ3) is 4.20. The van der Waals surface area contributed by atoms with Gasteiger partial charge in [0.15, 0.2) is 0 Å². The van der Waals surface area contributed by atoms with Crippen LogP contribution in [-0.2, 0) is 4.79 Å². The molecule has 0 aliphatic carbocycles. The number of hydrogen-bond donors (Lipinski definition) is 1. The molecule has 1 N–H and O–H groups in total. The van der Waals surface area contributed by atoms with Gasteiger partial charge in [0, 0.05) is 24.0 Å². The molecule has 1 aromatic carbocycles. The summed E-state index contributed by atoms with van der Waals surface area (Å²) in [7, 11) is 0. The number of fused-ring (bicyclic) bond motifs is 1. The van der Waals surface area contributed by atoms with Gasteiger partial charge < -0.3 is 5.32 Å². The molecule has 1 amide bonds. The maximum atomic E-state index is 12.4. The number of nitrogens with one attached hydrogen (secondary N) is 1. The molecule has 0 radical (unpaired) electrons. The van der Waals surface area contributed by atoms with Crippen LogP contribution in [0.15, 0.2) is 67.0 Å². The fourth-order valence-electron chi connectivity index (χ4n) is 3.02. The van der Waals surface area contributed by atoms with Crippen molar-refractivity contribution < 1.29 is 4.79 Å². The molecule has 3 aromatic heterocycles. The molecule has 0 aliphatic rings. The fraction of sp³-hybridized carbons (Fsp3) is 0.0870. The van der Waals surface area contributed by atoms with Gasteiger partial charge in [0.1, 0.15) is 11.5 Å². The van der Waals surface area contributed by atoms with E-state index in [9.17, 15) is 4.79 Å². The van der Waals surface area contributed by atoms with Crippen molar-refractivity contribution in [3.8, 4) is 11.3 Å². The lowest BCUT2D eigenvalue weighted by Crippen LogP contribution is -2.09. The van der Waals surface area contributed by atoms with Crippen LogP contribution in [0.5, 0.6) is 0 Å². The van der Waals surface area contributed by atoms with Crippen LogP contribution in [0.2, 0.25) is 5.02 Å². The standard InChI is InChI=1S/C23H19ClN4O/c1-15-3-5-17(6-4-15)23-19(28-12-11-16(2)13-21(28)27-23)8-10-22(29)26-20-9-7-18(24)14-25-20/h3-14H,1-2H3,(H,25,26,29)/b10-8+. The topological polar surface area (TPSA) is 59.3 Å². The Morgan fingerprint density at radius 3 is 2.59 bits per heavy atom. The number of aryl methyl sites for hydroxylation is 2. The van der Waals surface area contributed by atoms with Crippen LogP contribution in [0, 0.1) is 13.8 Å². The Bertz CT molecular complexity index is 1210. The Morgan fingerprint density at radius 1 is 1.07 bits per heavy atom. The molecule has 6 heteroatoms. The summed E-state index contributed by atoms with van der Waals surface area (Å²) in [6.45, 7) is 4.08. The predicted molar refractivity (Wildman–Crippen MR) is 117 cm³/mol. The van der Waals surface area contributed by atoms with Gasteiger partial charge in [0.25, 0.3) is 0 Å². The molecular weight excluding hydrogens is 384 g/mol. The number of benzene rings is 1. The molecule has 4 rings (SSSR count).